The third-order valence-corrected chi connectivity index (χ3v) is 5.67. The number of rotatable bonds is 5. The van der Waals surface area contributed by atoms with Crippen molar-refractivity contribution >= 4 is 5.91 Å². The monoisotopic (exact) mass is 352 g/mol. The van der Waals surface area contributed by atoms with E-state index in [4.69, 9.17) is 0 Å². The van der Waals surface area contributed by atoms with E-state index in [1.807, 2.05) is 6.07 Å². The van der Waals surface area contributed by atoms with E-state index in [0.29, 0.717) is 17.7 Å². The van der Waals surface area contributed by atoms with Gasteiger partial charge < -0.3 is 4.90 Å². The van der Waals surface area contributed by atoms with E-state index < -0.39 is 0 Å². The molecule has 2 aromatic rings. The number of nitrogens with one attached hydrogen (secondary N) is 1. The minimum absolute atomic E-state index is 0.0971. The summed E-state index contributed by atoms with van der Waals surface area (Å²) in [5.41, 5.74) is 2.99. The van der Waals surface area contributed by atoms with Gasteiger partial charge in [-0.25, -0.2) is 0 Å². The van der Waals surface area contributed by atoms with Crippen LogP contribution >= 0.6 is 0 Å². The molecule has 0 aliphatic carbocycles. The van der Waals surface area contributed by atoms with Crippen molar-refractivity contribution in [3.05, 3.63) is 53.3 Å². The predicted octanol–water partition coefficient (Wildman–Crippen LogP) is 3.10. The first-order chi connectivity index (χ1) is 12.7. The smallest absolute Gasteiger partial charge is 0.274 e. The number of nitrogens with zero attached hydrogens (tertiary/aromatic N) is 3. The number of aromatic nitrogens is 2. The van der Waals surface area contributed by atoms with E-state index in [2.05, 4.69) is 57.3 Å². The summed E-state index contributed by atoms with van der Waals surface area (Å²) in [5.74, 6) is 0.662. The average Bonchev–Trinajstić information content (AvgIpc) is 2.95. The summed E-state index contributed by atoms with van der Waals surface area (Å²) in [6.07, 6.45) is 4.32. The molecule has 5 rings (SSSR count). The van der Waals surface area contributed by atoms with Gasteiger partial charge in [-0.15, -0.1) is 0 Å². The minimum atomic E-state index is 0.0971. The normalized spacial score (nSPS) is 23.2. The molecule has 1 N–H and O–H groups in total. The van der Waals surface area contributed by atoms with Crippen LogP contribution in [0.15, 0.2) is 36.4 Å². The highest BCUT2D eigenvalue weighted by Gasteiger charge is 2.38. The fraction of sp³-hybridized carbons (Fsp3) is 0.524. The Bertz CT molecular complexity index is 741. The Balaban J connectivity index is 1.46. The van der Waals surface area contributed by atoms with Gasteiger partial charge in [0.25, 0.3) is 5.91 Å². The van der Waals surface area contributed by atoms with E-state index >= 15 is 0 Å². The number of amides is 1. The summed E-state index contributed by atoms with van der Waals surface area (Å²) >= 11 is 0. The third kappa shape index (κ3) is 3.68. The summed E-state index contributed by atoms with van der Waals surface area (Å²) in [6.45, 7) is 6.02. The molecule has 2 unspecified atom stereocenters. The molecule has 1 aromatic heterocycles. The Morgan fingerprint density at radius 1 is 1.19 bits per heavy atom. The van der Waals surface area contributed by atoms with Crippen LogP contribution in [-0.4, -0.2) is 51.6 Å². The summed E-state index contributed by atoms with van der Waals surface area (Å²) < 4.78 is 0. The van der Waals surface area contributed by atoms with Crippen LogP contribution in [0.1, 0.15) is 47.9 Å². The first-order valence-electron chi connectivity index (χ1n) is 9.84. The number of aryl methyl sites for hydroxylation is 1. The number of aromatic amines is 1. The maximum atomic E-state index is 13.0. The fourth-order valence-electron chi connectivity index (χ4n) is 4.41. The standard InChI is InChI=1S/C21H28N4O/c1-2-6-18-11-20(23-22-18)21(26)25-14-17-9-10-19(25)15-24(13-17)12-16-7-4-3-5-8-16/h3-5,7-8,11,17,19H,2,6,9-10,12-15H2,1H3,(H,22,23). The van der Waals surface area contributed by atoms with Gasteiger partial charge in [-0.05, 0) is 36.8 Å². The second kappa shape index (κ2) is 7.62. The number of carbonyl (C=O) groups excluding carboxylic acids is 1. The number of piperidine rings is 1. The number of hydrogen-bond donors (Lipinski definition) is 1. The van der Waals surface area contributed by atoms with Gasteiger partial charge in [0.05, 0.1) is 0 Å². The molecule has 3 aliphatic rings. The molecule has 1 amide bonds. The molecule has 3 saturated heterocycles. The Labute approximate surface area is 155 Å². The molecule has 5 heteroatoms. The van der Waals surface area contributed by atoms with Crippen molar-refractivity contribution in [1.82, 2.24) is 20.0 Å². The second-order valence-electron chi connectivity index (χ2n) is 7.76. The van der Waals surface area contributed by atoms with E-state index in [1.165, 1.54) is 12.0 Å². The van der Waals surface area contributed by atoms with Gasteiger partial charge in [-0.1, -0.05) is 43.7 Å². The molecule has 2 bridgehead atoms. The zero-order chi connectivity index (χ0) is 17.9. The molecular weight excluding hydrogens is 324 g/mol. The Kier molecular flexibility index (Phi) is 5.07. The molecule has 0 spiro atoms. The maximum Gasteiger partial charge on any atom is 0.274 e. The zero-order valence-electron chi connectivity index (χ0n) is 15.5. The van der Waals surface area contributed by atoms with E-state index in [1.54, 1.807) is 0 Å². The summed E-state index contributed by atoms with van der Waals surface area (Å²) in [6, 6.07) is 12.9. The van der Waals surface area contributed by atoms with Crippen LogP contribution < -0.4 is 0 Å². The fourth-order valence-corrected chi connectivity index (χ4v) is 4.41. The summed E-state index contributed by atoms with van der Waals surface area (Å²) in [4.78, 5) is 17.7. The lowest BCUT2D eigenvalue weighted by molar-refractivity contribution is 0.0579. The van der Waals surface area contributed by atoms with Crippen LogP contribution in [0.2, 0.25) is 0 Å². The average molecular weight is 352 g/mol. The molecule has 0 saturated carbocycles. The topological polar surface area (TPSA) is 52.2 Å². The molecule has 138 valence electrons. The molecule has 4 heterocycles. The van der Waals surface area contributed by atoms with E-state index in [-0.39, 0.29) is 5.91 Å². The van der Waals surface area contributed by atoms with Gasteiger partial charge in [0.15, 0.2) is 0 Å². The van der Waals surface area contributed by atoms with Crippen molar-refractivity contribution in [1.29, 1.82) is 0 Å². The first kappa shape index (κ1) is 17.3. The van der Waals surface area contributed by atoms with Gasteiger partial charge in [0.1, 0.15) is 5.69 Å². The number of hydrogen-bond acceptors (Lipinski definition) is 3. The summed E-state index contributed by atoms with van der Waals surface area (Å²) in [7, 11) is 0. The molecular formula is C21H28N4O. The highest BCUT2D eigenvalue weighted by molar-refractivity contribution is 5.92. The molecule has 1 aromatic carbocycles. The van der Waals surface area contributed by atoms with Crippen LogP contribution in [0.5, 0.6) is 0 Å². The van der Waals surface area contributed by atoms with Crippen LogP contribution in [0.25, 0.3) is 0 Å². The van der Waals surface area contributed by atoms with Crippen molar-refractivity contribution in [2.45, 2.75) is 45.2 Å². The van der Waals surface area contributed by atoms with E-state index in [0.717, 1.165) is 51.1 Å². The van der Waals surface area contributed by atoms with Gasteiger partial charge >= 0.3 is 0 Å². The summed E-state index contributed by atoms with van der Waals surface area (Å²) in [5, 5.41) is 7.30. The van der Waals surface area contributed by atoms with Crippen molar-refractivity contribution in [3.8, 4) is 0 Å². The highest BCUT2D eigenvalue weighted by atomic mass is 16.2. The minimum Gasteiger partial charge on any atom is -0.333 e. The SMILES string of the molecule is CCCc1cc(C(=O)N2CC3CCC2CN(Cc2ccccc2)C3)n[nH]1. The van der Waals surface area contributed by atoms with Crippen molar-refractivity contribution < 1.29 is 4.79 Å². The van der Waals surface area contributed by atoms with Gasteiger partial charge in [0.2, 0.25) is 0 Å². The first-order valence-corrected chi connectivity index (χ1v) is 9.84. The van der Waals surface area contributed by atoms with Gasteiger partial charge in [0, 0.05) is 37.9 Å². The Morgan fingerprint density at radius 3 is 2.85 bits per heavy atom. The van der Waals surface area contributed by atoms with Crippen molar-refractivity contribution in [2.75, 3.05) is 19.6 Å². The van der Waals surface area contributed by atoms with Gasteiger partial charge in [-0.3, -0.25) is 14.8 Å². The Hall–Kier alpha value is -2.14. The van der Waals surface area contributed by atoms with Crippen LogP contribution in [0.4, 0.5) is 0 Å². The van der Waals surface area contributed by atoms with Gasteiger partial charge in [-0.2, -0.15) is 5.10 Å². The highest BCUT2D eigenvalue weighted by Crippen LogP contribution is 2.29. The maximum absolute atomic E-state index is 13.0. The van der Waals surface area contributed by atoms with Crippen molar-refractivity contribution in [2.24, 2.45) is 5.92 Å². The lowest BCUT2D eigenvalue weighted by Crippen LogP contribution is -2.47. The molecule has 2 atom stereocenters. The molecule has 26 heavy (non-hydrogen) atoms. The van der Waals surface area contributed by atoms with Crippen molar-refractivity contribution in [3.63, 3.8) is 0 Å². The molecule has 0 radical (unpaired) electrons. The second-order valence-corrected chi connectivity index (χ2v) is 7.76. The lowest BCUT2D eigenvalue weighted by Gasteiger charge is -2.35. The third-order valence-electron chi connectivity index (χ3n) is 5.67. The number of benzene rings is 1. The number of fused-ring (bicyclic) bond motifs is 4. The van der Waals surface area contributed by atoms with E-state index in [9.17, 15) is 4.79 Å². The zero-order valence-corrected chi connectivity index (χ0v) is 15.5. The molecule has 5 nitrogen and oxygen atoms in total. The Morgan fingerprint density at radius 2 is 2.04 bits per heavy atom. The quantitative estimate of drug-likeness (QED) is 0.900. The van der Waals surface area contributed by atoms with Crippen LogP contribution in [0.3, 0.4) is 0 Å². The van der Waals surface area contributed by atoms with Crippen LogP contribution in [0, 0.1) is 5.92 Å². The largest absolute Gasteiger partial charge is 0.333 e. The predicted molar refractivity (Wildman–Crippen MR) is 102 cm³/mol. The molecule has 3 fully saturated rings. The lowest BCUT2D eigenvalue weighted by atomic mass is 9.94. The number of carbonyl (C=O) groups is 1. The van der Waals surface area contributed by atoms with Crippen LogP contribution in [-0.2, 0) is 13.0 Å². The number of H-pyrrole nitrogens is 1. The molecule has 3 aliphatic heterocycles.